The predicted molar refractivity (Wildman–Crippen MR) is 88.4 cm³/mol. The van der Waals surface area contributed by atoms with Gasteiger partial charge in [-0.2, -0.15) is 28.1 Å². The Morgan fingerprint density at radius 3 is 0.778 bits per heavy atom. The van der Waals surface area contributed by atoms with Gasteiger partial charge in [0.15, 0.2) is 11.6 Å². The lowest BCUT2D eigenvalue weighted by atomic mass is 10.1. The molecule has 0 saturated carbocycles. The summed E-state index contributed by atoms with van der Waals surface area (Å²) in [6, 6.07) is 1.79. The number of nitriles is 2. The van der Waals surface area contributed by atoms with Gasteiger partial charge in [-0.25, -0.2) is 35.1 Å². The summed E-state index contributed by atoms with van der Waals surface area (Å²) < 4.78 is 175. The molecule has 36 heavy (non-hydrogen) atoms. The van der Waals surface area contributed by atoms with Crippen molar-refractivity contribution in [3.05, 3.63) is 80.9 Å². The molecule has 0 spiro atoms. The van der Waals surface area contributed by atoms with Crippen LogP contribution >= 0.6 is 0 Å². The lowest BCUT2D eigenvalue weighted by Crippen LogP contribution is -2.09. The average molecular weight is 528 g/mol. The second-order valence-electron chi connectivity index (χ2n) is 6.26. The molecule has 16 heteroatoms. The molecule has 0 unspecified atom stereocenters. The molecule has 186 valence electrons. The highest BCUT2D eigenvalue weighted by Gasteiger charge is 2.35. The third-order valence-corrected chi connectivity index (χ3v) is 4.26. The molecule has 0 radical (unpaired) electrons. The number of halogens is 12. The largest absolute Gasteiger partial charge is 0.444 e. The van der Waals surface area contributed by atoms with Crippen LogP contribution in [0.1, 0.15) is 11.1 Å². The average Bonchev–Trinajstić information content (AvgIpc) is 2.86. The topological polar surface area (TPSA) is 66.0 Å². The van der Waals surface area contributed by atoms with Crippen molar-refractivity contribution in [2.75, 3.05) is 0 Å². The van der Waals surface area contributed by atoms with Crippen molar-refractivity contribution in [3.8, 4) is 35.1 Å². The van der Waals surface area contributed by atoms with E-state index in [2.05, 4.69) is 9.47 Å². The molecule has 0 N–H and O–H groups in total. The molecule has 3 aromatic rings. The van der Waals surface area contributed by atoms with Crippen LogP contribution in [0.25, 0.3) is 0 Å². The molecule has 0 heterocycles. The number of hydrogen-bond acceptors (Lipinski definition) is 4. The number of ether oxygens (including phenoxy) is 2. The lowest BCUT2D eigenvalue weighted by molar-refractivity contribution is 0.298. The van der Waals surface area contributed by atoms with Gasteiger partial charge in [0.2, 0.25) is 81.2 Å². The Balaban J connectivity index is 2.40. The van der Waals surface area contributed by atoms with Gasteiger partial charge < -0.3 is 9.47 Å². The maximum absolute atomic E-state index is 14.9. The first-order valence-corrected chi connectivity index (χ1v) is 8.53. The number of rotatable bonds is 4. The minimum absolute atomic E-state index is 0.896. The summed E-state index contributed by atoms with van der Waals surface area (Å²) in [6.07, 6.45) is 0. The van der Waals surface area contributed by atoms with Crippen molar-refractivity contribution >= 4 is 0 Å². The van der Waals surface area contributed by atoms with E-state index in [9.17, 15) is 52.7 Å². The Morgan fingerprint density at radius 2 is 0.556 bits per heavy atom. The molecular formula is C20F12N2O2. The van der Waals surface area contributed by atoms with Crippen LogP contribution in [-0.4, -0.2) is 0 Å². The number of hydrogen-bond donors (Lipinski definition) is 0. The summed E-state index contributed by atoms with van der Waals surface area (Å²) in [5.74, 6) is -41.0. The highest BCUT2D eigenvalue weighted by atomic mass is 19.2. The van der Waals surface area contributed by atoms with Crippen molar-refractivity contribution in [1.29, 1.82) is 10.5 Å². The van der Waals surface area contributed by atoms with E-state index in [-0.39, 0.29) is 0 Å². The SMILES string of the molecule is N#Cc1c(F)c(Oc2c(F)c(F)c(F)c(F)c2F)c(Oc2c(F)c(F)c(F)c(F)c2F)c(F)c1C#N. The van der Waals surface area contributed by atoms with Gasteiger partial charge in [-0.15, -0.1) is 0 Å². The minimum Gasteiger partial charge on any atom is -0.444 e. The second-order valence-corrected chi connectivity index (χ2v) is 6.26. The zero-order valence-corrected chi connectivity index (χ0v) is 16.2. The quantitative estimate of drug-likeness (QED) is 0.215. The summed E-state index contributed by atoms with van der Waals surface area (Å²) in [7, 11) is 0. The van der Waals surface area contributed by atoms with Crippen LogP contribution in [-0.2, 0) is 0 Å². The molecule has 0 aromatic heterocycles. The van der Waals surface area contributed by atoms with Crippen LogP contribution in [0.4, 0.5) is 52.7 Å². The van der Waals surface area contributed by atoms with E-state index in [1.54, 1.807) is 0 Å². The normalized spacial score (nSPS) is 10.7. The molecule has 3 rings (SSSR count). The molecular weight excluding hydrogens is 528 g/mol. The van der Waals surface area contributed by atoms with E-state index in [0.29, 0.717) is 0 Å². The monoisotopic (exact) mass is 528 g/mol. The van der Waals surface area contributed by atoms with Gasteiger partial charge in [-0.05, 0) is 0 Å². The standard InChI is InChI=1S/C20F12N2O2/c21-5-3(1-33)4(2-34)6(22)20(36-18-15(31)11(27)8(24)12(28)16(18)32)19(5)35-17-13(29)9(25)7(23)10(26)14(17)30. The van der Waals surface area contributed by atoms with Crippen LogP contribution in [0.5, 0.6) is 23.0 Å². The van der Waals surface area contributed by atoms with Gasteiger partial charge in [0.05, 0.1) is 0 Å². The van der Waals surface area contributed by atoms with Gasteiger partial charge in [0.25, 0.3) is 0 Å². The predicted octanol–water partition coefficient (Wildman–Crippen LogP) is 6.68. The Morgan fingerprint density at radius 1 is 0.333 bits per heavy atom. The Bertz CT molecular complexity index is 1370. The van der Waals surface area contributed by atoms with Gasteiger partial charge >= 0.3 is 0 Å². The van der Waals surface area contributed by atoms with Gasteiger partial charge in [-0.3, -0.25) is 0 Å². The summed E-state index contributed by atoms with van der Waals surface area (Å²) >= 11 is 0. The Hall–Kier alpha value is -4.60. The molecule has 0 aliphatic heterocycles. The van der Waals surface area contributed by atoms with E-state index in [1.807, 2.05) is 0 Å². The fourth-order valence-corrected chi connectivity index (χ4v) is 2.59. The fraction of sp³-hybridized carbons (Fsp3) is 0. The molecule has 0 aliphatic rings. The first kappa shape index (κ1) is 26.0. The zero-order chi connectivity index (χ0) is 27.2. The van der Waals surface area contributed by atoms with E-state index in [4.69, 9.17) is 10.5 Å². The van der Waals surface area contributed by atoms with Crippen LogP contribution in [0, 0.1) is 92.5 Å². The van der Waals surface area contributed by atoms with E-state index in [0.717, 1.165) is 12.1 Å². The van der Waals surface area contributed by atoms with Gasteiger partial charge in [0, 0.05) is 0 Å². The Kier molecular flexibility index (Phi) is 6.66. The number of nitrogens with zero attached hydrogens (tertiary/aromatic N) is 2. The van der Waals surface area contributed by atoms with E-state index >= 15 is 0 Å². The number of benzene rings is 3. The van der Waals surface area contributed by atoms with Crippen molar-refractivity contribution in [1.82, 2.24) is 0 Å². The summed E-state index contributed by atoms with van der Waals surface area (Å²) in [6.45, 7) is 0. The van der Waals surface area contributed by atoms with E-state index in [1.165, 1.54) is 0 Å². The van der Waals surface area contributed by atoms with E-state index < -0.39 is 104 Å². The molecule has 0 fully saturated rings. The van der Waals surface area contributed by atoms with Gasteiger partial charge in [-0.1, -0.05) is 0 Å². The van der Waals surface area contributed by atoms with Crippen molar-refractivity contribution in [3.63, 3.8) is 0 Å². The molecule has 4 nitrogen and oxygen atoms in total. The minimum atomic E-state index is -2.75. The molecule has 3 aromatic carbocycles. The fourth-order valence-electron chi connectivity index (χ4n) is 2.59. The maximum Gasteiger partial charge on any atom is 0.210 e. The highest BCUT2D eigenvalue weighted by Crippen LogP contribution is 2.45. The van der Waals surface area contributed by atoms with Crippen LogP contribution in [0.3, 0.4) is 0 Å². The van der Waals surface area contributed by atoms with Crippen LogP contribution in [0.15, 0.2) is 0 Å². The highest BCUT2D eigenvalue weighted by molar-refractivity contribution is 5.60. The summed E-state index contributed by atoms with van der Waals surface area (Å²) in [4.78, 5) is 0. The van der Waals surface area contributed by atoms with Crippen LogP contribution in [0.2, 0.25) is 0 Å². The third kappa shape index (κ3) is 3.76. The lowest BCUT2D eigenvalue weighted by Gasteiger charge is -2.17. The molecule has 0 atom stereocenters. The van der Waals surface area contributed by atoms with Gasteiger partial charge in [0.1, 0.15) is 23.3 Å². The zero-order valence-electron chi connectivity index (χ0n) is 16.2. The molecule has 0 saturated heterocycles. The van der Waals surface area contributed by atoms with Crippen molar-refractivity contribution in [2.24, 2.45) is 0 Å². The Labute approximate surface area is 189 Å². The smallest absolute Gasteiger partial charge is 0.210 e. The summed E-state index contributed by atoms with van der Waals surface area (Å²) in [5.41, 5.74) is -3.25. The maximum atomic E-state index is 14.9. The first-order chi connectivity index (χ1) is 16.8. The summed E-state index contributed by atoms with van der Waals surface area (Å²) in [5, 5.41) is 17.9. The van der Waals surface area contributed by atoms with Crippen molar-refractivity contribution < 1.29 is 62.2 Å². The van der Waals surface area contributed by atoms with Crippen molar-refractivity contribution in [2.45, 2.75) is 0 Å². The second kappa shape index (κ2) is 9.21. The third-order valence-electron chi connectivity index (χ3n) is 4.26. The first-order valence-electron chi connectivity index (χ1n) is 8.53. The molecule has 0 bridgehead atoms. The van der Waals surface area contributed by atoms with Crippen LogP contribution < -0.4 is 9.47 Å². The molecule has 0 amide bonds. The molecule has 0 aliphatic carbocycles.